The Kier molecular flexibility index (Phi) is 4.11. The van der Waals surface area contributed by atoms with Crippen molar-refractivity contribution in [2.24, 2.45) is 0 Å². The predicted molar refractivity (Wildman–Crippen MR) is 90.8 cm³/mol. The van der Waals surface area contributed by atoms with Crippen LogP contribution in [-0.2, 0) is 26.1 Å². The smallest absolute Gasteiger partial charge is 0.289 e. The topological polar surface area (TPSA) is 71.5 Å². The fourth-order valence-electron chi connectivity index (χ4n) is 3.31. The molecule has 3 aromatic rings. The fourth-order valence-corrected chi connectivity index (χ4v) is 3.31. The molecule has 0 unspecified atom stereocenters. The Labute approximate surface area is 145 Å². The molecule has 25 heavy (non-hydrogen) atoms. The molecule has 0 aliphatic carbocycles. The van der Waals surface area contributed by atoms with Gasteiger partial charge >= 0.3 is 0 Å². The number of amides is 1. The first-order chi connectivity index (χ1) is 12.3. The normalized spacial score (nSPS) is 13.7. The molecule has 2 aromatic heterocycles. The van der Waals surface area contributed by atoms with E-state index in [2.05, 4.69) is 17.2 Å². The lowest BCUT2D eigenvalue weighted by molar-refractivity contribution is 0.0699. The van der Waals surface area contributed by atoms with Crippen molar-refractivity contribution in [3.63, 3.8) is 0 Å². The van der Waals surface area contributed by atoms with Gasteiger partial charge in [-0.3, -0.25) is 9.48 Å². The van der Waals surface area contributed by atoms with E-state index < -0.39 is 0 Å². The number of aromatic nitrogens is 2. The van der Waals surface area contributed by atoms with E-state index in [-0.39, 0.29) is 12.5 Å². The Morgan fingerprint density at radius 3 is 2.76 bits per heavy atom. The molecule has 4 rings (SSSR count). The summed E-state index contributed by atoms with van der Waals surface area (Å²) in [5, 5.41) is 14.3. The second kappa shape index (κ2) is 6.57. The van der Waals surface area contributed by atoms with Gasteiger partial charge in [-0.1, -0.05) is 30.3 Å². The van der Waals surface area contributed by atoms with Crippen molar-refractivity contribution in [2.75, 3.05) is 6.54 Å². The van der Waals surface area contributed by atoms with Gasteiger partial charge in [0.25, 0.3) is 5.91 Å². The number of aliphatic hydroxyl groups excluding tert-OH is 1. The van der Waals surface area contributed by atoms with Gasteiger partial charge in [0.15, 0.2) is 5.76 Å². The first-order valence-corrected chi connectivity index (χ1v) is 8.31. The van der Waals surface area contributed by atoms with Crippen molar-refractivity contribution in [3.05, 3.63) is 77.0 Å². The number of hydrogen-bond donors (Lipinski definition) is 1. The van der Waals surface area contributed by atoms with Crippen molar-refractivity contribution < 1.29 is 14.3 Å². The highest BCUT2D eigenvalue weighted by Gasteiger charge is 2.28. The molecule has 0 saturated carbocycles. The fraction of sp³-hybridized carbons (Fsp3) is 0.263. The highest BCUT2D eigenvalue weighted by atomic mass is 16.3. The van der Waals surface area contributed by atoms with Gasteiger partial charge in [-0.25, -0.2) is 0 Å². The van der Waals surface area contributed by atoms with Gasteiger partial charge < -0.3 is 14.4 Å². The Balaban J connectivity index is 1.61. The van der Waals surface area contributed by atoms with Crippen LogP contribution < -0.4 is 0 Å². The summed E-state index contributed by atoms with van der Waals surface area (Å²) in [5.41, 5.74) is 3.84. The molecule has 1 aliphatic heterocycles. The zero-order chi connectivity index (χ0) is 17.2. The van der Waals surface area contributed by atoms with E-state index in [1.807, 2.05) is 22.9 Å². The minimum Gasteiger partial charge on any atom is -0.459 e. The van der Waals surface area contributed by atoms with Crippen LogP contribution in [0.25, 0.3) is 0 Å². The number of nitrogens with zero attached hydrogens (tertiary/aromatic N) is 3. The van der Waals surface area contributed by atoms with E-state index in [1.165, 1.54) is 6.26 Å². The number of aliphatic hydroxyl groups is 1. The van der Waals surface area contributed by atoms with Crippen LogP contribution in [0.5, 0.6) is 0 Å². The number of rotatable bonds is 4. The van der Waals surface area contributed by atoms with E-state index in [1.54, 1.807) is 17.0 Å². The molecule has 0 radical (unpaired) electrons. The molecule has 0 fully saturated rings. The molecule has 6 nitrogen and oxygen atoms in total. The van der Waals surface area contributed by atoms with Crippen LogP contribution in [0.1, 0.15) is 33.1 Å². The maximum absolute atomic E-state index is 12.5. The van der Waals surface area contributed by atoms with Crippen LogP contribution in [0.3, 0.4) is 0 Å². The Hall–Kier alpha value is -2.86. The number of carbonyl (C=O) groups excluding carboxylic acids is 1. The van der Waals surface area contributed by atoms with Crippen LogP contribution in [0, 0.1) is 0 Å². The zero-order valence-corrected chi connectivity index (χ0v) is 13.8. The third-order valence-electron chi connectivity index (χ3n) is 4.56. The molecule has 128 valence electrons. The molecule has 1 amide bonds. The van der Waals surface area contributed by atoms with Gasteiger partial charge in [-0.05, 0) is 17.7 Å². The summed E-state index contributed by atoms with van der Waals surface area (Å²) in [6, 6.07) is 13.5. The molecular weight excluding hydrogens is 318 g/mol. The standard InChI is InChI=1S/C19H19N3O3/c23-13-16-15-12-21(19(24)18-7-4-10-25-18)9-8-17(15)22(20-16)11-14-5-2-1-3-6-14/h1-7,10,23H,8-9,11-13H2. The van der Waals surface area contributed by atoms with Gasteiger partial charge in [0.1, 0.15) is 0 Å². The van der Waals surface area contributed by atoms with Crippen LogP contribution in [0.15, 0.2) is 53.1 Å². The number of hydrogen-bond acceptors (Lipinski definition) is 4. The molecular formula is C19H19N3O3. The van der Waals surface area contributed by atoms with E-state index in [0.717, 1.165) is 16.8 Å². The third kappa shape index (κ3) is 2.96. The number of benzene rings is 1. The van der Waals surface area contributed by atoms with Gasteiger partial charge in [0.2, 0.25) is 0 Å². The lowest BCUT2D eigenvalue weighted by Crippen LogP contribution is -2.36. The molecule has 0 spiro atoms. The monoisotopic (exact) mass is 337 g/mol. The maximum Gasteiger partial charge on any atom is 0.289 e. The van der Waals surface area contributed by atoms with Crippen molar-refractivity contribution in [1.29, 1.82) is 0 Å². The molecule has 1 aliphatic rings. The molecule has 0 bridgehead atoms. The second-order valence-corrected chi connectivity index (χ2v) is 6.13. The summed E-state index contributed by atoms with van der Waals surface area (Å²) in [6.45, 7) is 1.58. The quantitative estimate of drug-likeness (QED) is 0.792. The van der Waals surface area contributed by atoms with E-state index in [4.69, 9.17) is 4.42 Å². The summed E-state index contributed by atoms with van der Waals surface area (Å²) in [7, 11) is 0. The molecule has 6 heteroatoms. The minimum atomic E-state index is -0.132. The number of furan rings is 1. The van der Waals surface area contributed by atoms with Crippen LogP contribution >= 0.6 is 0 Å². The Morgan fingerprint density at radius 1 is 1.20 bits per heavy atom. The summed E-state index contributed by atoms with van der Waals surface area (Å²) in [4.78, 5) is 14.3. The Bertz CT molecular complexity index is 869. The van der Waals surface area contributed by atoms with Crippen molar-refractivity contribution in [3.8, 4) is 0 Å². The van der Waals surface area contributed by atoms with Crippen molar-refractivity contribution in [1.82, 2.24) is 14.7 Å². The van der Waals surface area contributed by atoms with E-state index in [9.17, 15) is 9.90 Å². The number of carbonyl (C=O) groups is 1. The molecule has 3 heterocycles. The summed E-state index contributed by atoms with van der Waals surface area (Å²) >= 11 is 0. The maximum atomic E-state index is 12.5. The Morgan fingerprint density at radius 2 is 2.04 bits per heavy atom. The SMILES string of the molecule is O=C(c1ccco1)N1CCc2c(c(CO)nn2Cc2ccccc2)C1. The summed E-state index contributed by atoms with van der Waals surface area (Å²) in [5.74, 6) is 0.209. The largest absolute Gasteiger partial charge is 0.459 e. The second-order valence-electron chi connectivity index (χ2n) is 6.13. The highest BCUT2D eigenvalue weighted by molar-refractivity contribution is 5.91. The predicted octanol–water partition coefficient (Wildman–Crippen LogP) is 2.22. The zero-order valence-electron chi connectivity index (χ0n) is 13.8. The van der Waals surface area contributed by atoms with Crippen molar-refractivity contribution >= 4 is 5.91 Å². The molecule has 1 aromatic carbocycles. The van der Waals surface area contributed by atoms with Gasteiger partial charge in [-0.15, -0.1) is 0 Å². The van der Waals surface area contributed by atoms with Crippen LogP contribution in [-0.4, -0.2) is 32.2 Å². The average Bonchev–Trinajstić information content (AvgIpc) is 3.30. The van der Waals surface area contributed by atoms with Gasteiger partial charge in [-0.2, -0.15) is 5.10 Å². The van der Waals surface area contributed by atoms with E-state index in [0.29, 0.717) is 37.5 Å². The third-order valence-corrected chi connectivity index (χ3v) is 4.56. The highest BCUT2D eigenvalue weighted by Crippen LogP contribution is 2.25. The first-order valence-electron chi connectivity index (χ1n) is 8.31. The lowest BCUT2D eigenvalue weighted by atomic mass is 10.0. The van der Waals surface area contributed by atoms with Crippen molar-refractivity contribution in [2.45, 2.75) is 26.1 Å². The van der Waals surface area contributed by atoms with Gasteiger partial charge in [0, 0.05) is 30.8 Å². The van der Waals surface area contributed by atoms with Crippen LogP contribution in [0.2, 0.25) is 0 Å². The first kappa shape index (κ1) is 15.7. The number of fused-ring (bicyclic) bond motifs is 1. The lowest BCUT2D eigenvalue weighted by Gasteiger charge is -2.27. The molecule has 1 N–H and O–H groups in total. The molecule has 0 saturated heterocycles. The van der Waals surface area contributed by atoms with E-state index >= 15 is 0 Å². The van der Waals surface area contributed by atoms with Crippen LogP contribution in [0.4, 0.5) is 0 Å². The summed E-state index contributed by atoms with van der Waals surface area (Å²) < 4.78 is 7.17. The summed E-state index contributed by atoms with van der Waals surface area (Å²) in [6.07, 6.45) is 2.21. The van der Waals surface area contributed by atoms with Gasteiger partial charge in [0.05, 0.1) is 25.1 Å². The minimum absolute atomic E-state index is 0.129. The molecule has 0 atom stereocenters. The average molecular weight is 337 g/mol.